The van der Waals surface area contributed by atoms with Gasteiger partial charge in [-0.1, -0.05) is 7.43 Å². The monoisotopic (exact) mass is 600 g/mol. The summed E-state index contributed by atoms with van der Waals surface area (Å²) in [6.07, 6.45) is 0. The third-order valence-electron chi connectivity index (χ3n) is 5.13. The van der Waals surface area contributed by atoms with E-state index in [2.05, 4.69) is 4.74 Å². The number of urea groups is 2. The Hall–Kier alpha value is -4.57. The number of carboxylic acid groups (broad SMARTS) is 1. The lowest BCUT2D eigenvalue weighted by Crippen LogP contribution is -2.36. The molecule has 0 saturated heterocycles. The number of anilines is 2. The van der Waals surface area contributed by atoms with E-state index in [9.17, 15) is 28.8 Å². The highest BCUT2D eigenvalue weighted by molar-refractivity contribution is 7.23. The number of rotatable bonds is 4. The van der Waals surface area contributed by atoms with E-state index in [-0.39, 0.29) is 24.2 Å². The summed E-state index contributed by atoms with van der Waals surface area (Å²) >= 11 is 2.29. The Morgan fingerprint density at radius 1 is 0.878 bits per heavy atom. The molecular weight excluding hydrogens is 578 g/mol. The molecule has 0 aliphatic rings. The first kappa shape index (κ1) is 32.6. The molecule has 4 aromatic heterocycles. The highest BCUT2D eigenvalue weighted by Crippen LogP contribution is 2.33. The average molecular weight is 600 g/mol. The second-order valence-electron chi connectivity index (χ2n) is 7.78. The molecule has 0 aliphatic heterocycles. The first-order valence-electron chi connectivity index (χ1n) is 10.8. The fourth-order valence-electron chi connectivity index (χ4n) is 3.06. The van der Waals surface area contributed by atoms with E-state index in [4.69, 9.17) is 29.9 Å². The van der Waals surface area contributed by atoms with E-state index < -0.39 is 40.8 Å². The van der Waals surface area contributed by atoms with Crippen LogP contribution >= 0.6 is 22.7 Å². The summed E-state index contributed by atoms with van der Waals surface area (Å²) < 4.78 is 15.4. The van der Waals surface area contributed by atoms with Crippen molar-refractivity contribution >= 4 is 93.2 Å². The van der Waals surface area contributed by atoms with Crippen molar-refractivity contribution < 1.29 is 37.9 Å². The van der Waals surface area contributed by atoms with E-state index >= 15 is 0 Å². The van der Waals surface area contributed by atoms with Crippen molar-refractivity contribution in [3.63, 3.8) is 0 Å². The van der Waals surface area contributed by atoms with Gasteiger partial charge < -0.3 is 28.7 Å². The van der Waals surface area contributed by atoms with E-state index in [0.717, 1.165) is 16.1 Å². The lowest BCUT2D eigenvalue weighted by Gasteiger charge is -2.20. The van der Waals surface area contributed by atoms with Crippen LogP contribution < -0.4 is 26.3 Å². The lowest BCUT2D eigenvalue weighted by atomic mass is 10.3. The van der Waals surface area contributed by atoms with Gasteiger partial charge in [-0.15, -0.1) is 22.7 Å². The van der Waals surface area contributed by atoms with E-state index in [1.165, 1.54) is 73.7 Å². The fraction of sp³-hybridized carbons (Fsp3) is 0.217. The topological polar surface area (TPSA) is 180 Å². The zero-order valence-corrected chi connectivity index (χ0v) is 22.9. The quantitative estimate of drug-likeness (QED) is 0.261. The Morgan fingerprint density at radius 2 is 1.34 bits per heavy atom. The standard InChI is InChI=1S/2C11H9BN2O5S.CH4/c1-14(11(17)13-12)8-4-6-7(20-8)3-5(9(15)18-2)10(16)19-6;1-13(11(18)14(2)12)8-4-6-7(20-8)3-5(9(15)16)10(17)19-6;/h3-4H,1-2H3,(H,13,17);3-4H,1-2H3,(H,15,16);1H4. The van der Waals surface area contributed by atoms with Gasteiger partial charge in [0, 0.05) is 26.2 Å². The van der Waals surface area contributed by atoms with Crippen molar-refractivity contribution in [3.8, 4) is 0 Å². The average Bonchev–Trinajstić information content (AvgIpc) is 3.53. The molecule has 4 rings (SSSR count). The largest absolute Gasteiger partial charge is 0.477 e. The van der Waals surface area contributed by atoms with Gasteiger partial charge in [-0.3, -0.25) is 9.80 Å². The van der Waals surface area contributed by atoms with Crippen LogP contribution in [0.15, 0.2) is 42.7 Å². The number of aromatic carboxylic acids is 1. The van der Waals surface area contributed by atoms with Gasteiger partial charge in [-0.25, -0.2) is 28.8 Å². The molecule has 0 fully saturated rings. The maximum Gasteiger partial charge on any atom is 0.351 e. The van der Waals surface area contributed by atoms with E-state index in [0.29, 0.717) is 19.4 Å². The first-order chi connectivity index (χ1) is 18.8. The molecule has 4 heterocycles. The van der Waals surface area contributed by atoms with Crippen LogP contribution in [0.3, 0.4) is 0 Å². The molecule has 0 aromatic carbocycles. The smallest absolute Gasteiger partial charge is 0.351 e. The van der Waals surface area contributed by atoms with Crippen LogP contribution in [0.4, 0.5) is 19.6 Å². The van der Waals surface area contributed by atoms with Crippen molar-refractivity contribution in [2.24, 2.45) is 0 Å². The minimum Gasteiger partial charge on any atom is -0.477 e. The van der Waals surface area contributed by atoms with Crippen molar-refractivity contribution in [1.29, 1.82) is 0 Å². The molecule has 0 saturated carbocycles. The third kappa shape index (κ3) is 6.96. The highest BCUT2D eigenvalue weighted by atomic mass is 32.1. The maximum atomic E-state index is 11.7. The Kier molecular flexibility index (Phi) is 10.5. The minimum atomic E-state index is -1.36. The molecule has 4 radical (unpaired) electrons. The Morgan fingerprint density at radius 3 is 1.78 bits per heavy atom. The molecule has 14 nitrogen and oxygen atoms in total. The van der Waals surface area contributed by atoms with Gasteiger partial charge in [0.15, 0.2) is 11.2 Å². The number of carbonyl (C=O) groups excluding carboxylic acids is 3. The summed E-state index contributed by atoms with van der Waals surface area (Å²) in [5.74, 6) is -2.13. The van der Waals surface area contributed by atoms with Crippen LogP contribution in [0.25, 0.3) is 20.6 Å². The molecule has 41 heavy (non-hydrogen) atoms. The van der Waals surface area contributed by atoms with Crippen molar-refractivity contribution in [3.05, 3.63) is 56.2 Å². The maximum absolute atomic E-state index is 11.7. The number of ether oxygens (including phenoxy) is 1. The van der Waals surface area contributed by atoms with Crippen LogP contribution in [-0.2, 0) is 4.74 Å². The van der Waals surface area contributed by atoms with Crippen LogP contribution in [0.2, 0.25) is 0 Å². The molecular formula is C23H22B2N4O10S2. The summed E-state index contributed by atoms with van der Waals surface area (Å²) in [5, 5.41) is 11.8. The normalized spacial score (nSPS) is 10.1. The number of thiophene rings is 2. The van der Waals surface area contributed by atoms with Gasteiger partial charge in [0.1, 0.15) is 21.1 Å². The number of nitrogens with zero attached hydrogens (tertiary/aromatic N) is 3. The van der Waals surface area contributed by atoms with Gasteiger partial charge in [0.25, 0.3) is 0 Å². The SMILES string of the molecule is C.[B]N(C)C(=O)N(C)c1cc2oc(=O)c(C(=O)O)cc2s1.[B]NC(=O)N(C)c1cc2oc(=O)c(C(=O)OC)cc2s1. The van der Waals surface area contributed by atoms with Gasteiger partial charge >= 0.3 is 35.3 Å². The zero-order chi connectivity index (χ0) is 29.9. The van der Waals surface area contributed by atoms with Crippen LogP contribution in [0.1, 0.15) is 28.1 Å². The number of carbonyl (C=O) groups is 4. The number of nitrogens with one attached hydrogen (secondary N) is 1. The third-order valence-corrected chi connectivity index (χ3v) is 7.41. The molecule has 18 heteroatoms. The summed E-state index contributed by atoms with van der Waals surface area (Å²) in [6.45, 7) is 0. The number of esters is 1. The zero-order valence-electron chi connectivity index (χ0n) is 21.2. The summed E-state index contributed by atoms with van der Waals surface area (Å²) in [6, 6.07) is 4.60. The summed E-state index contributed by atoms with van der Waals surface area (Å²) in [5.41, 5.74) is -1.87. The molecule has 0 bridgehead atoms. The Bertz CT molecular complexity index is 1740. The van der Waals surface area contributed by atoms with Crippen LogP contribution in [0, 0.1) is 0 Å². The van der Waals surface area contributed by atoms with Gasteiger partial charge in [-0.05, 0) is 19.2 Å². The van der Waals surface area contributed by atoms with Crippen molar-refractivity contribution in [1.82, 2.24) is 10.0 Å². The predicted octanol–water partition coefficient (Wildman–Crippen LogP) is 2.63. The molecule has 0 aliphatic carbocycles. The van der Waals surface area contributed by atoms with Crippen LogP contribution in [0.5, 0.6) is 0 Å². The molecule has 0 atom stereocenters. The lowest BCUT2D eigenvalue weighted by molar-refractivity contribution is 0.0595. The summed E-state index contributed by atoms with van der Waals surface area (Å²) in [4.78, 5) is 71.9. The van der Waals surface area contributed by atoms with E-state index in [1.54, 1.807) is 0 Å². The number of methoxy groups -OCH3 is 1. The predicted molar refractivity (Wildman–Crippen MR) is 156 cm³/mol. The number of carboxylic acids is 1. The molecule has 4 aromatic rings. The molecule has 212 valence electrons. The van der Waals surface area contributed by atoms with E-state index in [1.807, 2.05) is 5.23 Å². The molecule has 0 spiro atoms. The second kappa shape index (κ2) is 13.2. The first-order valence-corrected chi connectivity index (χ1v) is 12.4. The second-order valence-corrected chi connectivity index (χ2v) is 9.90. The Balaban J connectivity index is 0.000000280. The summed E-state index contributed by atoms with van der Waals surface area (Å²) in [7, 11) is 16.0. The molecule has 4 amide bonds. The fourth-order valence-corrected chi connectivity index (χ4v) is 5.03. The number of hydrogen-bond donors (Lipinski definition) is 2. The highest BCUT2D eigenvalue weighted by Gasteiger charge is 2.20. The van der Waals surface area contributed by atoms with Crippen LogP contribution in [-0.4, -0.2) is 78.1 Å². The van der Waals surface area contributed by atoms with Gasteiger partial charge in [0.2, 0.25) is 16.0 Å². The minimum absolute atomic E-state index is 0. The Labute approximate surface area is 242 Å². The van der Waals surface area contributed by atoms with Gasteiger partial charge in [-0.2, -0.15) is 0 Å². The number of fused-ring (bicyclic) bond motifs is 2. The van der Waals surface area contributed by atoms with Crippen molar-refractivity contribution in [2.75, 3.05) is 38.1 Å². The molecule has 0 unspecified atom stereocenters. The number of amides is 4. The number of hydrogen-bond acceptors (Lipinski definition) is 11. The molecule has 2 N–H and O–H groups in total. The van der Waals surface area contributed by atoms with Gasteiger partial charge in [0.05, 0.1) is 16.5 Å². The van der Waals surface area contributed by atoms with Crippen molar-refractivity contribution in [2.45, 2.75) is 7.43 Å².